The fourth-order valence-electron chi connectivity index (χ4n) is 1.63. The molecule has 0 aromatic rings. The van der Waals surface area contributed by atoms with Crippen molar-refractivity contribution in [3.63, 3.8) is 0 Å². The Kier molecular flexibility index (Phi) is 4.98. The minimum absolute atomic E-state index is 0.380. The first-order chi connectivity index (χ1) is 6.68. The van der Waals surface area contributed by atoms with Crippen LogP contribution in [0.25, 0.3) is 0 Å². The quantitative estimate of drug-likeness (QED) is 0.496. The molecule has 1 aliphatic rings. The molecule has 0 saturated carbocycles. The molecule has 1 fully saturated rings. The molecule has 14 heavy (non-hydrogen) atoms. The molecule has 0 aromatic heterocycles. The summed E-state index contributed by atoms with van der Waals surface area (Å²) in [6.45, 7) is 12.5. The van der Waals surface area contributed by atoms with Crippen LogP contribution in [0.1, 0.15) is 20.3 Å². The summed E-state index contributed by atoms with van der Waals surface area (Å²) >= 11 is 0. The summed E-state index contributed by atoms with van der Waals surface area (Å²) in [5.41, 5.74) is 0. The van der Waals surface area contributed by atoms with Gasteiger partial charge in [-0.05, 0) is 20.3 Å². The van der Waals surface area contributed by atoms with Crippen molar-refractivity contribution < 1.29 is 9.47 Å². The number of nitrogens with zero attached hydrogens (tertiary/aromatic N) is 1. The Morgan fingerprint density at radius 3 is 3.07 bits per heavy atom. The van der Waals surface area contributed by atoms with Crippen molar-refractivity contribution in [1.82, 2.24) is 4.90 Å². The predicted molar refractivity (Wildman–Crippen MR) is 57.2 cm³/mol. The van der Waals surface area contributed by atoms with E-state index in [0.29, 0.717) is 6.10 Å². The van der Waals surface area contributed by atoms with E-state index >= 15 is 0 Å². The second-order valence-corrected chi connectivity index (χ2v) is 3.89. The molecular weight excluding hydrogens is 178 g/mol. The second kappa shape index (κ2) is 6.04. The van der Waals surface area contributed by atoms with Crippen LogP contribution in [0.5, 0.6) is 0 Å². The lowest BCUT2D eigenvalue weighted by molar-refractivity contribution is -0.0199. The molecule has 0 aromatic carbocycles. The summed E-state index contributed by atoms with van der Waals surface area (Å²) in [5, 5.41) is 0. The van der Waals surface area contributed by atoms with Crippen LogP contribution in [0.15, 0.2) is 12.3 Å². The molecule has 1 rings (SSSR count). The number of ether oxygens (including phenoxy) is 2. The van der Waals surface area contributed by atoms with Gasteiger partial charge in [0.15, 0.2) is 0 Å². The lowest BCUT2D eigenvalue weighted by Gasteiger charge is -2.30. The molecule has 1 aliphatic heterocycles. The molecule has 0 spiro atoms. The van der Waals surface area contributed by atoms with E-state index in [0.717, 1.165) is 45.0 Å². The molecule has 0 amide bonds. The molecule has 1 heterocycles. The summed E-state index contributed by atoms with van der Waals surface area (Å²) < 4.78 is 10.8. The van der Waals surface area contributed by atoms with Crippen LogP contribution < -0.4 is 0 Å². The van der Waals surface area contributed by atoms with Gasteiger partial charge >= 0.3 is 0 Å². The molecule has 0 N–H and O–H groups in total. The minimum atomic E-state index is 0.380. The predicted octanol–water partition coefficient (Wildman–Crippen LogP) is 1.65. The van der Waals surface area contributed by atoms with E-state index in [-0.39, 0.29) is 0 Å². The Bertz CT molecular complexity index is 182. The van der Waals surface area contributed by atoms with Crippen LogP contribution in [0.3, 0.4) is 0 Å². The number of allylic oxidation sites excluding steroid dienone is 1. The zero-order valence-corrected chi connectivity index (χ0v) is 9.29. The van der Waals surface area contributed by atoms with E-state index in [9.17, 15) is 0 Å². The van der Waals surface area contributed by atoms with Crippen molar-refractivity contribution in [2.24, 2.45) is 0 Å². The van der Waals surface area contributed by atoms with E-state index in [1.165, 1.54) is 0 Å². The maximum absolute atomic E-state index is 5.47. The number of rotatable bonds is 5. The van der Waals surface area contributed by atoms with Gasteiger partial charge in [-0.15, -0.1) is 0 Å². The average Bonchev–Trinajstić information content (AvgIpc) is 2.12. The first-order valence-electron chi connectivity index (χ1n) is 5.31. The molecule has 0 bridgehead atoms. The monoisotopic (exact) mass is 199 g/mol. The van der Waals surface area contributed by atoms with Crippen LogP contribution in [0, 0.1) is 0 Å². The lowest BCUT2D eigenvalue weighted by Crippen LogP contribution is -2.41. The van der Waals surface area contributed by atoms with E-state index in [4.69, 9.17) is 9.47 Å². The van der Waals surface area contributed by atoms with E-state index in [1.807, 2.05) is 6.92 Å². The van der Waals surface area contributed by atoms with E-state index < -0.39 is 0 Å². The number of hydrogen-bond acceptors (Lipinski definition) is 3. The summed E-state index contributed by atoms with van der Waals surface area (Å²) in [5.74, 6) is 0.806. The van der Waals surface area contributed by atoms with E-state index in [1.54, 1.807) is 0 Å². The van der Waals surface area contributed by atoms with Crippen molar-refractivity contribution >= 4 is 0 Å². The Morgan fingerprint density at radius 2 is 2.43 bits per heavy atom. The normalized spacial score (nSPS) is 23.4. The zero-order chi connectivity index (χ0) is 10.4. The Morgan fingerprint density at radius 1 is 1.64 bits per heavy atom. The van der Waals surface area contributed by atoms with Crippen LogP contribution >= 0.6 is 0 Å². The van der Waals surface area contributed by atoms with Crippen molar-refractivity contribution in [3.05, 3.63) is 12.3 Å². The number of hydrogen-bond donors (Lipinski definition) is 0. The van der Waals surface area contributed by atoms with Gasteiger partial charge < -0.3 is 9.47 Å². The molecule has 1 atom stereocenters. The Balaban J connectivity index is 2.03. The zero-order valence-electron chi connectivity index (χ0n) is 9.29. The molecule has 0 radical (unpaired) electrons. The van der Waals surface area contributed by atoms with Crippen molar-refractivity contribution in [1.29, 1.82) is 0 Å². The molecule has 3 nitrogen and oxygen atoms in total. The van der Waals surface area contributed by atoms with Crippen LogP contribution in [0.2, 0.25) is 0 Å². The first kappa shape index (κ1) is 11.5. The third-order valence-electron chi connectivity index (χ3n) is 2.29. The first-order valence-corrected chi connectivity index (χ1v) is 5.31. The highest BCUT2D eigenvalue weighted by Gasteiger charge is 2.15. The largest absolute Gasteiger partial charge is 0.499 e. The highest BCUT2D eigenvalue weighted by molar-refractivity contribution is 4.73. The SMILES string of the molecule is C=C(C)OCCCN1CCO[C@@H](C)C1. The Labute approximate surface area is 86.7 Å². The fourth-order valence-corrected chi connectivity index (χ4v) is 1.63. The maximum Gasteiger partial charge on any atom is 0.0889 e. The van der Waals surface area contributed by atoms with Crippen LogP contribution in [0.4, 0.5) is 0 Å². The van der Waals surface area contributed by atoms with Gasteiger partial charge in [-0.3, -0.25) is 4.90 Å². The second-order valence-electron chi connectivity index (χ2n) is 3.89. The van der Waals surface area contributed by atoms with Gasteiger partial charge in [-0.2, -0.15) is 0 Å². The Hall–Kier alpha value is -0.540. The highest BCUT2D eigenvalue weighted by Crippen LogP contribution is 2.05. The van der Waals surface area contributed by atoms with Gasteiger partial charge in [0, 0.05) is 19.6 Å². The van der Waals surface area contributed by atoms with Gasteiger partial charge in [0.1, 0.15) is 0 Å². The molecular formula is C11H21NO2. The molecule has 1 saturated heterocycles. The third-order valence-corrected chi connectivity index (χ3v) is 2.29. The molecule has 82 valence electrons. The van der Waals surface area contributed by atoms with Gasteiger partial charge in [0.05, 0.1) is 25.1 Å². The summed E-state index contributed by atoms with van der Waals surface area (Å²) in [7, 11) is 0. The molecule has 3 heteroatoms. The minimum Gasteiger partial charge on any atom is -0.499 e. The fraction of sp³-hybridized carbons (Fsp3) is 0.818. The molecule has 0 unspecified atom stereocenters. The summed E-state index contributed by atoms with van der Waals surface area (Å²) in [6.07, 6.45) is 1.45. The van der Waals surface area contributed by atoms with Crippen molar-refractivity contribution in [2.45, 2.75) is 26.4 Å². The molecule has 0 aliphatic carbocycles. The standard InChI is InChI=1S/C11H21NO2/c1-10(2)13-7-4-5-12-6-8-14-11(3)9-12/h11H,1,4-9H2,2-3H3/t11-/m0/s1. The van der Waals surface area contributed by atoms with E-state index in [2.05, 4.69) is 18.4 Å². The topological polar surface area (TPSA) is 21.7 Å². The summed E-state index contributed by atoms with van der Waals surface area (Å²) in [4.78, 5) is 2.43. The average molecular weight is 199 g/mol. The highest BCUT2D eigenvalue weighted by atomic mass is 16.5. The van der Waals surface area contributed by atoms with Gasteiger partial charge in [0.25, 0.3) is 0 Å². The van der Waals surface area contributed by atoms with Crippen LogP contribution in [-0.2, 0) is 9.47 Å². The maximum atomic E-state index is 5.47. The van der Waals surface area contributed by atoms with Crippen LogP contribution in [-0.4, -0.2) is 43.9 Å². The number of morpholine rings is 1. The smallest absolute Gasteiger partial charge is 0.0889 e. The van der Waals surface area contributed by atoms with Crippen molar-refractivity contribution in [2.75, 3.05) is 32.8 Å². The third kappa shape index (κ3) is 4.63. The lowest BCUT2D eigenvalue weighted by atomic mass is 10.3. The van der Waals surface area contributed by atoms with Gasteiger partial charge in [-0.1, -0.05) is 6.58 Å². The van der Waals surface area contributed by atoms with Gasteiger partial charge in [-0.25, -0.2) is 0 Å². The summed E-state index contributed by atoms with van der Waals surface area (Å²) in [6, 6.07) is 0. The van der Waals surface area contributed by atoms with Gasteiger partial charge in [0.2, 0.25) is 0 Å². The van der Waals surface area contributed by atoms with Crippen molar-refractivity contribution in [3.8, 4) is 0 Å².